The van der Waals surface area contributed by atoms with Crippen molar-refractivity contribution in [2.45, 2.75) is 0 Å². The van der Waals surface area contributed by atoms with E-state index in [9.17, 15) is 20.0 Å². The zero-order valence-electron chi connectivity index (χ0n) is 15.0. The predicted molar refractivity (Wildman–Crippen MR) is 109 cm³/mol. The number of para-hydroxylation sites is 1. The van der Waals surface area contributed by atoms with E-state index in [1.165, 1.54) is 24.4 Å². The van der Waals surface area contributed by atoms with Crippen LogP contribution in [0.4, 0.5) is 5.69 Å². The third-order valence-corrected chi connectivity index (χ3v) is 4.30. The minimum absolute atomic E-state index is 0.346. The van der Waals surface area contributed by atoms with Crippen LogP contribution in [0.15, 0.2) is 82.7 Å². The van der Waals surface area contributed by atoms with Crippen molar-refractivity contribution in [3.05, 3.63) is 98.8 Å². The molecule has 8 heteroatoms. The van der Waals surface area contributed by atoms with E-state index in [0.717, 1.165) is 4.68 Å². The van der Waals surface area contributed by atoms with Crippen molar-refractivity contribution < 1.29 is 10.0 Å². The average molecular weight is 386 g/mol. The van der Waals surface area contributed by atoms with Gasteiger partial charge in [-0.2, -0.15) is 9.78 Å². The molecule has 0 atom stereocenters. The molecule has 0 unspecified atom stereocenters. The number of nitro groups is 1. The molecule has 0 radical (unpaired) electrons. The van der Waals surface area contributed by atoms with E-state index in [4.69, 9.17) is 0 Å². The lowest BCUT2D eigenvalue weighted by atomic mass is 10.2. The first-order valence-corrected chi connectivity index (χ1v) is 8.63. The smallest absolute Gasteiger partial charge is 0.311 e. The van der Waals surface area contributed by atoms with Gasteiger partial charge in [-0.05, 0) is 24.3 Å². The van der Waals surface area contributed by atoms with E-state index in [2.05, 4.69) is 10.1 Å². The minimum Gasteiger partial charge on any atom is -0.502 e. The number of benzene rings is 3. The Morgan fingerprint density at radius 3 is 2.52 bits per heavy atom. The number of hydrogen-bond donors (Lipinski definition) is 1. The van der Waals surface area contributed by atoms with Crippen molar-refractivity contribution >= 4 is 22.8 Å². The molecule has 0 amide bonds. The number of nitrogens with zero attached hydrogens (tertiary/aromatic N) is 4. The van der Waals surface area contributed by atoms with Crippen LogP contribution in [-0.4, -0.2) is 25.9 Å². The first-order valence-electron chi connectivity index (χ1n) is 8.63. The molecule has 8 nitrogen and oxygen atoms in total. The number of phenolic OH excluding ortho intramolecular Hbond substituents is 1. The van der Waals surface area contributed by atoms with Crippen LogP contribution in [0.5, 0.6) is 5.75 Å². The molecule has 4 aromatic rings. The Balaban J connectivity index is 1.90. The Morgan fingerprint density at radius 1 is 1.03 bits per heavy atom. The number of hydrogen-bond acceptors (Lipinski definition) is 6. The summed E-state index contributed by atoms with van der Waals surface area (Å²) < 4.78 is 1.16. The summed E-state index contributed by atoms with van der Waals surface area (Å²) in [6.45, 7) is 0. The van der Waals surface area contributed by atoms with Crippen LogP contribution in [0.2, 0.25) is 0 Å². The van der Waals surface area contributed by atoms with Gasteiger partial charge in [0.2, 0.25) is 0 Å². The topological polar surface area (TPSA) is 111 Å². The molecule has 0 aliphatic carbocycles. The molecule has 1 N–H and O–H groups in total. The van der Waals surface area contributed by atoms with Gasteiger partial charge in [0.1, 0.15) is 0 Å². The van der Waals surface area contributed by atoms with E-state index < -0.39 is 16.4 Å². The van der Waals surface area contributed by atoms with E-state index in [1.54, 1.807) is 24.3 Å². The maximum Gasteiger partial charge on any atom is 0.311 e. The van der Waals surface area contributed by atoms with Gasteiger partial charge in [-0.25, -0.2) is 4.98 Å². The lowest BCUT2D eigenvalue weighted by molar-refractivity contribution is -0.385. The fourth-order valence-corrected chi connectivity index (χ4v) is 2.90. The maximum atomic E-state index is 13.0. The fraction of sp³-hybridized carbons (Fsp3) is 0. The van der Waals surface area contributed by atoms with Gasteiger partial charge in [0.05, 0.1) is 22.0 Å². The summed E-state index contributed by atoms with van der Waals surface area (Å²) >= 11 is 0. The van der Waals surface area contributed by atoms with Crippen LogP contribution in [0.3, 0.4) is 0 Å². The molecule has 3 aromatic carbocycles. The largest absolute Gasteiger partial charge is 0.502 e. The van der Waals surface area contributed by atoms with Gasteiger partial charge in [-0.1, -0.05) is 42.5 Å². The summed E-state index contributed by atoms with van der Waals surface area (Å²) in [5.74, 6) is -0.0968. The minimum atomic E-state index is -0.689. The van der Waals surface area contributed by atoms with Crippen molar-refractivity contribution in [3.8, 4) is 17.1 Å². The van der Waals surface area contributed by atoms with Gasteiger partial charge in [0.15, 0.2) is 11.6 Å². The second-order valence-corrected chi connectivity index (χ2v) is 6.19. The number of rotatable bonds is 4. The molecule has 0 aliphatic heterocycles. The van der Waals surface area contributed by atoms with Crippen molar-refractivity contribution in [2.24, 2.45) is 5.10 Å². The van der Waals surface area contributed by atoms with Crippen LogP contribution < -0.4 is 5.56 Å². The number of nitro benzene ring substituents is 1. The highest BCUT2D eigenvalue weighted by Gasteiger charge is 2.14. The van der Waals surface area contributed by atoms with E-state index in [-0.39, 0.29) is 5.56 Å². The number of aromatic hydroxyl groups is 1. The standard InChI is InChI=1S/C21H14N4O4/c26-19-11-10-14(12-18(19)25(28)29)13-22-24-20(15-6-2-1-3-7-15)23-17-9-5-4-8-16(17)21(24)27/h1-13,26H. The molecule has 1 aromatic heterocycles. The molecule has 142 valence electrons. The van der Waals surface area contributed by atoms with Gasteiger partial charge < -0.3 is 5.11 Å². The van der Waals surface area contributed by atoms with Gasteiger partial charge in [0, 0.05) is 17.2 Å². The molecule has 0 saturated carbocycles. The number of fused-ring (bicyclic) bond motifs is 1. The van der Waals surface area contributed by atoms with Crippen LogP contribution in [0.1, 0.15) is 5.56 Å². The first kappa shape index (κ1) is 18.1. The molecule has 0 bridgehead atoms. The molecule has 1 heterocycles. The Labute approximate surface area is 164 Å². The second kappa shape index (κ2) is 7.35. The summed E-state index contributed by atoms with van der Waals surface area (Å²) in [6.07, 6.45) is 1.32. The van der Waals surface area contributed by atoms with E-state index in [1.807, 2.05) is 30.3 Å². The van der Waals surface area contributed by atoms with Gasteiger partial charge >= 0.3 is 5.69 Å². The molecule has 4 rings (SSSR count). The lowest BCUT2D eigenvalue weighted by Gasteiger charge is -2.09. The summed E-state index contributed by atoms with van der Waals surface area (Å²) in [7, 11) is 0. The molecule has 0 saturated heterocycles. The van der Waals surface area contributed by atoms with E-state index in [0.29, 0.717) is 27.9 Å². The lowest BCUT2D eigenvalue weighted by Crippen LogP contribution is -2.20. The molecular weight excluding hydrogens is 372 g/mol. The zero-order valence-corrected chi connectivity index (χ0v) is 15.0. The van der Waals surface area contributed by atoms with Gasteiger partial charge in [-0.3, -0.25) is 14.9 Å². The summed E-state index contributed by atoms with van der Waals surface area (Å²) in [5, 5.41) is 25.3. The van der Waals surface area contributed by atoms with Crippen molar-refractivity contribution in [3.63, 3.8) is 0 Å². The second-order valence-electron chi connectivity index (χ2n) is 6.19. The fourth-order valence-electron chi connectivity index (χ4n) is 2.90. The molecule has 0 fully saturated rings. The molecular formula is C21H14N4O4. The third kappa shape index (κ3) is 3.46. The Bertz CT molecular complexity index is 1310. The van der Waals surface area contributed by atoms with Gasteiger partial charge in [0.25, 0.3) is 5.56 Å². The van der Waals surface area contributed by atoms with Crippen molar-refractivity contribution in [2.75, 3.05) is 0 Å². The summed E-state index contributed by atoms with van der Waals surface area (Å²) in [6, 6.07) is 19.9. The number of aromatic nitrogens is 2. The quantitative estimate of drug-likeness (QED) is 0.327. The highest BCUT2D eigenvalue weighted by molar-refractivity contribution is 5.83. The van der Waals surface area contributed by atoms with Crippen LogP contribution in [0.25, 0.3) is 22.3 Å². The monoisotopic (exact) mass is 386 g/mol. The maximum absolute atomic E-state index is 13.0. The Morgan fingerprint density at radius 2 is 1.76 bits per heavy atom. The van der Waals surface area contributed by atoms with Crippen LogP contribution in [0, 0.1) is 10.1 Å². The van der Waals surface area contributed by atoms with Crippen molar-refractivity contribution in [1.82, 2.24) is 9.66 Å². The van der Waals surface area contributed by atoms with Crippen LogP contribution >= 0.6 is 0 Å². The Kier molecular flexibility index (Phi) is 4.58. The molecule has 29 heavy (non-hydrogen) atoms. The normalized spacial score (nSPS) is 11.2. The zero-order chi connectivity index (χ0) is 20.4. The van der Waals surface area contributed by atoms with Crippen molar-refractivity contribution in [1.29, 1.82) is 0 Å². The summed E-state index contributed by atoms with van der Waals surface area (Å²) in [5.41, 5.74) is 0.793. The predicted octanol–water partition coefficient (Wildman–Crippen LogP) is 3.56. The Hall–Kier alpha value is -4.33. The third-order valence-electron chi connectivity index (χ3n) is 4.30. The first-order chi connectivity index (χ1) is 14.0. The molecule has 0 spiro atoms. The number of phenols is 1. The highest BCUT2D eigenvalue weighted by Crippen LogP contribution is 2.25. The highest BCUT2D eigenvalue weighted by atomic mass is 16.6. The van der Waals surface area contributed by atoms with Crippen LogP contribution in [-0.2, 0) is 0 Å². The average Bonchev–Trinajstić information content (AvgIpc) is 2.74. The molecule has 0 aliphatic rings. The SMILES string of the molecule is O=c1c2ccccc2nc(-c2ccccc2)n1N=Cc1ccc(O)c([N+](=O)[O-])c1. The summed E-state index contributed by atoms with van der Waals surface area (Å²) in [4.78, 5) is 27.9. The van der Waals surface area contributed by atoms with E-state index >= 15 is 0 Å². The van der Waals surface area contributed by atoms with Gasteiger partial charge in [-0.15, -0.1) is 0 Å².